The fourth-order valence-corrected chi connectivity index (χ4v) is 7.74. The van der Waals surface area contributed by atoms with E-state index in [1.807, 2.05) is 12.1 Å². The fourth-order valence-electron chi connectivity index (χ4n) is 7.74. The van der Waals surface area contributed by atoms with Gasteiger partial charge in [-0.15, -0.1) is 0 Å². The highest BCUT2D eigenvalue weighted by Crippen LogP contribution is 2.66. The molecule has 154 valence electrons. The Bertz CT molecular complexity index is 875. The van der Waals surface area contributed by atoms with Crippen molar-refractivity contribution in [3.05, 3.63) is 47.5 Å². The number of aromatic carboxylic acids is 1. The quantitative estimate of drug-likeness (QED) is 0.761. The van der Waals surface area contributed by atoms with Crippen LogP contribution in [0.25, 0.3) is 0 Å². The van der Waals surface area contributed by atoms with Crippen LogP contribution in [0, 0.1) is 28.6 Å². The molecule has 2 N–H and O–H groups in total. The van der Waals surface area contributed by atoms with Gasteiger partial charge in [-0.1, -0.05) is 32.1 Å². The maximum atomic E-state index is 11.9. The Labute approximate surface area is 172 Å². The standard InChI is InChI=1S/C25H31NO3/c1-24-13-11-20-17(7-10-21-25(20,2)14-12-22(27)26-21)19(24)9-8-18(24)15-3-5-16(6-4-15)23(28)29/h3-6,12,14,17-21H,7-11,13H2,1-2H3,(H,26,27)(H,28,29)/t17-,18+,19-,20-,21+,24+,25+/m0/s1. The molecule has 4 heteroatoms. The molecule has 0 aromatic heterocycles. The molecular formula is C25H31NO3. The van der Waals surface area contributed by atoms with Gasteiger partial charge in [0.2, 0.25) is 5.91 Å². The molecule has 0 unspecified atom stereocenters. The Morgan fingerprint density at radius 2 is 1.79 bits per heavy atom. The number of hydrogen-bond acceptors (Lipinski definition) is 2. The molecule has 1 amide bonds. The number of carboxylic acid groups (broad SMARTS) is 1. The third-order valence-electron chi connectivity index (χ3n) is 9.25. The topological polar surface area (TPSA) is 66.4 Å². The number of nitrogens with one attached hydrogen (secondary N) is 1. The second-order valence-corrected chi connectivity index (χ2v) is 10.3. The van der Waals surface area contributed by atoms with Crippen molar-refractivity contribution < 1.29 is 14.7 Å². The van der Waals surface area contributed by atoms with Crippen LogP contribution in [0.5, 0.6) is 0 Å². The predicted molar refractivity (Wildman–Crippen MR) is 112 cm³/mol. The first kappa shape index (κ1) is 18.9. The van der Waals surface area contributed by atoms with Gasteiger partial charge in [0.25, 0.3) is 0 Å². The summed E-state index contributed by atoms with van der Waals surface area (Å²) in [5.41, 5.74) is 2.05. The van der Waals surface area contributed by atoms with Crippen molar-refractivity contribution in [1.82, 2.24) is 5.32 Å². The number of carboxylic acids is 1. The number of fused-ring (bicyclic) bond motifs is 5. The van der Waals surface area contributed by atoms with Crippen LogP contribution in [0.15, 0.2) is 36.4 Å². The molecule has 1 aromatic rings. The second kappa shape index (κ2) is 6.45. The summed E-state index contributed by atoms with van der Waals surface area (Å²) in [5, 5.41) is 12.4. The molecule has 3 aliphatic carbocycles. The third-order valence-corrected chi connectivity index (χ3v) is 9.25. The first-order chi connectivity index (χ1) is 13.8. The largest absolute Gasteiger partial charge is 0.478 e. The molecule has 0 bridgehead atoms. The predicted octanol–water partition coefficient (Wildman–Crippen LogP) is 4.77. The second-order valence-electron chi connectivity index (χ2n) is 10.3. The molecule has 5 rings (SSSR count). The zero-order valence-electron chi connectivity index (χ0n) is 17.4. The fraction of sp³-hybridized carbons (Fsp3) is 0.600. The van der Waals surface area contributed by atoms with Crippen LogP contribution in [0.4, 0.5) is 0 Å². The number of carbonyl (C=O) groups excluding carboxylic acids is 1. The molecule has 4 nitrogen and oxygen atoms in total. The highest BCUT2D eigenvalue weighted by atomic mass is 16.4. The van der Waals surface area contributed by atoms with E-state index in [1.165, 1.54) is 37.7 Å². The molecule has 7 atom stereocenters. The van der Waals surface area contributed by atoms with Gasteiger partial charge in [0, 0.05) is 11.5 Å². The average Bonchev–Trinajstić information content (AvgIpc) is 3.06. The minimum absolute atomic E-state index is 0.0670. The van der Waals surface area contributed by atoms with Gasteiger partial charge in [-0.25, -0.2) is 4.79 Å². The minimum atomic E-state index is -0.856. The van der Waals surface area contributed by atoms with E-state index in [4.69, 9.17) is 0 Å². The Morgan fingerprint density at radius 3 is 2.52 bits per heavy atom. The van der Waals surface area contributed by atoms with Gasteiger partial charge in [-0.05, 0) is 91.4 Å². The van der Waals surface area contributed by atoms with Gasteiger partial charge >= 0.3 is 5.97 Å². The maximum Gasteiger partial charge on any atom is 0.335 e. The lowest BCUT2D eigenvalue weighted by atomic mass is 9.47. The molecular weight excluding hydrogens is 362 g/mol. The van der Waals surface area contributed by atoms with E-state index in [2.05, 4.69) is 25.2 Å². The summed E-state index contributed by atoms with van der Waals surface area (Å²) in [6, 6.07) is 7.91. The lowest BCUT2D eigenvalue weighted by Gasteiger charge is -2.59. The average molecular weight is 394 g/mol. The van der Waals surface area contributed by atoms with Crippen LogP contribution in [0.1, 0.15) is 74.2 Å². The number of hydrogen-bond donors (Lipinski definition) is 2. The lowest BCUT2D eigenvalue weighted by molar-refractivity contribution is -0.122. The van der Waals surface area contributed by atoms with E-state index in [-0.39, 0.29) is 22.8 Å². The molecule has 4 aliphatic rings. The van der Waals surface area contributed by atoms with Crippen LogP contribution in [0.2, 0.25) is 0 Å². The molecule has 0 spiro atoms. The van der Waals surface area contributed by atoms with Crippen molar-refractivity contribution in [3.63, 3.8) is 0 Å². The number of benzene rings is 1. The van der Waals surface area contributed by atoms with Crippen molar-refractivity contribution in [3.8, 4) is 0 Å². The highest BCUT2D eigenvalue weighted by Gasteiger charge is 2.59. The Balaban J connectivity index is 1.43. The third kappa shape index (κ3) is 2.71. The minimum Gasteiger partial charge on any atom is -0.478 e. The van der Waals surface area contributed by atoms with Gasteiger partial charge in [0.1, 0.15) is 0 Å². The Morgan fingerprint density at radius 1 is 1.03 bits per heavy atom. The van der Waals surface area contributed by atoms with E-state index >= 15 is 0 Å². The first-order valence-electron chi connectivity index (χ1n) is 11.2. The number of rotatable bonds is 2. The molecule has 3 fully saturated rings. The van der Waals surface area contributed by atoms with Gasteiger partial charge in [0.15, 0.2) is 0 Å². The smallest absolute Gasteiger partial charge is 0.335 e. The summed E-state index contributed by atoms with van der Waals surface area (Å²) < 4.78 is 0. The Hall–Kier alpha value is -2.10. The van der Waals surface area contributed by atoms with Crippen LogP contribution < -0.4 is 5.32 Å². The van der Waals surface area contributed by atoms with Gasteiger partial charge in [-0.3, -0.25) is 4.79 Å². The molecule has 1 aromatic carbocycles. The normalized spacial score (nSPS) is 43.1. The van der Waals surface area contributed by atoms with E-state index in [9.17, 15) is 14.7 Å². The van der Waals surface area contributed by atoms with Crippen molar-refractivity contribution in [1.29, 1.82) is 0 Å². The maximum absolute atomic E-state index is 11.9. The van der Waals surface area contributed by atoms with Crippen molar-refractivity contribution in [2.45, 2.75) is 64.3 Å². The summed E-state index contributed by atoms with van der Waals surface area (Å²) in [5.74, 6) is 1.81. The van der Waals surface area contributed by atoms with Gasteiger partial charge in [0.05, 0.1) is 5.56 Å². The molecule has 29 heavy (non-hydrogen) atoms. The number of amides is 1. The van der Waals surface area contributed by atoms with E-state index < -0.39 is 5.97 Å². The van der Waals surface area contributed by atoms with Crippen LogP contribution in [-0.2, 0) is 4.79 Å². The molecule has 1 aliphatic heterocycles. The van der Waals surface area contributed by atoms with Gasteiger partial charge < -0.3 is 10.4 Å². The summed E-state index contributed by atoms with van der Waals surface area (Å²) in [6.45, 7) is 4.85. The molecule has 3 saturated carbocycles. The Kier molecular flexibility index (Phi) is 4.20. The van der Waals surface area contributed by atoms with Crippen LogP contribution in [-0.4, -0.2) is 23.0 Å². The van der Waals surface area contributed by atoms with Gasteiger partial charge in [-0.2, -0.15) is 0 Å². The zero-order chi connectivity index (χ0) is 20.4. The van der Waals surface area contributed by atoms with E-state index in [0.717, 1.165) is 12.3 Å². The van der Waals surface area contributed by atoms with Crippen molar-refractivity contribution >= 4 is 11.9 Å². The van der Waals surface area contributed by atoms with Crippen molar-refractivity contribution in [2.24, 2.45) is 28.6 Å². The van der Waals surface area contributed by atoms with E-state index in [1.54, 1.807) is 18.2 Å². The zero-order valence-corrected chi connectivity index (χ0v) is 17.4. The lowest BCUT2D eigenvalue weighted by Crippen LogP contribution is -2.59. The van der Waals surface area contributed by atoms with Crippen molar-refractivity contribution in [2.75, 3.05) is 0 Å². The monoisotopic (exact) mass is 393 g/mol. The molecule has 1 heterocycles. The summed E-state index contributed by atoms with van der Waals surface area (Å²) >= 11 is 0. The molecule has 0 radical (unpaired) electrons. The first-order valence-corrected chi connectivity index (χ1v) is 11.2. The number of carbonyl (C=O) groups is 2. The van der Waals surface area contributed by atoms with Crippen LogP contribution in [0.3, 0.4) is 0 Å². The summed E-state index contributed by atoms with van der Waals surface area (Å²) in [6.07, 6.45) is 11.2. The van der Waals surface area contributed by atoms with Crippen LogP contribution >= 0.6 is 0 Å². The summed E-state index contributed by atoms with van der Waals surface area (Å²) in [4.78, 5) is 23.1. The summed E-state index contributed by atoms with van der Waals surface area (Å²) in [7, 11) is 0. The molecule has 0 saturated heterocycles. The van der Waals surface area contributed by atoms with E-state index in [0.29, 0.717) is 23.3 Å². The SMILES string of the molecule is C[C@]12C=CC(=O)N[C@@H]1CC[C@@H]1[C@@H]2CC[C@]2(C)[C@@H](c3ccc(C(=O)O)cc3)CC[C@@H]12. The highest BCUT2D eigenvalue weighted by molar-refractivity contribution is 5.89.